The summed E-state index contributed by atoms with van der Waals surface area (Å²) < 4.78 is 0. The van der Waals surface area contributed by atoms with Crippen LogP contribution in [0.1, 0.15) is 27.9 Å². The van der Waals surface area contributed by atoms with E-state index in [2.05, 4.69) is 27.1 Å². The van der Waals surface area contributed by atoms with E-state index in [0.717, 1.165) is 5.56 Å². The van der Waals surface area contributed by atoms with Crippen LogP contribution in [0.2, 0.25) is 0 Å². The minimum atomic E-state index is -0.204. The fourth-order valence-corrected chi connectivity index (χ4v) is 1.64. The van der Waals surface area contributed by atoms with Crippen LogP contribution in [0.3, 0.4) is 0 Å². The van der Waals surface area contributed by atoms with Crippen molar-refractivity contribution in [3.8, 4) is 11.8 Å². The zero-order valence-electron chi connectivity index (χ0n) is 11.4. The summed E-state index contributed by atoms with van der Waals surface area (Å²) in [7, 11) is 0. The SMILES string of the molecule is O=C(NCc1ccncc1)c1cncc(C#CCCO)c1. The molecule has 0 aliphatic rings. The van der Waals surface area contributed by atoms with Crippen molar-refractivity contribution in [2.75, 3.05) is 6.61 Å². The van der Waals surface area contributed by atoms with Crippen LogP contribution in [-0.2, 0) is 6.54 Å². The van der Waals surface area contributed by atoms with Crippen molar-refractivity contribution < 1.29 is 9.90 Å². The molecule has 0 bridgehead atoms. The minimum Gasteiger partial charge on any atom is -0.395 e. The van der Waals surface area contributed by atoms with Crippen LogP contribution in [0.5, 0.6) is 0 Å². The zero-order chi connectivity index (χ0) is 14.9. The Kier molecular flexibility index (Phi) is 5.44. The highest BCUT2D eigenvalue weighted by atomic mass is 16.2. The molecule has 0 aliphatic carbocycles. The number of pyridine rings is 2. The van der Waals surface area contributed by atoms with Crippen LogP contribution in [0.4, 0.5) is 0 Å². The first-order chi connectivity index (χ1) is 10.3. The van der Waals surface area contributed by atoms with Crippen LogP contribution in [0.25, 0.3) is 0 Å². The number of hydrogen-bond acceptors (Lipinski definition) is 4. The van der Waals surface area contributed by atoms with Crippen molar-refractivity contribution in [2.24, 2.45) is 0 Å². The van der Waals surface area contributed by atoms with Gasteiger partial charge in [-0.15, -0.1) is 0 Å². The molecule has 5 heteroatoms. The lowest BCUT2D eigenvalue weighted by atomic mass is 10.2. The summed E-state index contributed by atoms with van der Waals surface area (Å²) in [6.45, 7) is 0.453. The highest BCUT2D eigenvalue weighted by Crippen LogP contribution is 2.03. The summed E-state index contributed by atoms with van der Waals surface area (Å²) in [6.07, 6.45) is 6.85. The second kappa shape index (κ2) is 7.78. The first kappa shape index (κ1) is 14.7. The first-order valence-electron chi connectivity index (χ1n) is 6.51. The maximum Gasteiger partial charge on any atom is 0.253 e. The van der Waals surface area contributed by atoms with Gasteiger partial charge in [0.1, 0.15) is 0 Å². The number of carbonyl (C=O) groups is 1. The quantitative estimate of drug-likeness (QED) is 0.824. The topological polar surface area (TPSA) is 75.1 Å². The normalized spacial score (nSPS) is 9.57. The van der Waals surface area contributed by atoms with Crippen molar-refractivity contribution >= 4 is 5.91 Å². The van der Waals surface area contributed by atoms with Crippen LogP contribution < -0.4 is 5.32 Å². The fraction of sp³-hybridized carbons (Fsp3) is 0.188. The Hall–Kier alpha value is -2.71. The third kappa shape index (κ3) is 4.71. The van der Waals surface area contributed by atoms with Gasteiger partial charge in [-0.25, -0.2) is 0 Å². The molecule has 21 heavy (non-hydrogen) atoms. The predicted molar refractivity (Wildman–Crippen MR) is 78.2 cm³/mol. The maximum absolute atomic E-state index is 12.0. The Morgan fingerprint density at radius 3 is 2.81 bits per heavy atom. The number of amides is 1. The van der Waals surface area contributed by atoms with Gasteiger partial charge in [0.25, 0.3) is 5.91 Å². The molecule has 2 aromatic heterocycles. The number of nitrogens with zero attached hydrogens (tertiary/aromatic N) is 2. The lowest BCUT2D eigenvalue weighted by Gasteiger charge is -2.05. The molecular weight excluding hydrogens is 266 g/mol. The summed E-state index contributed by atoms with van der Waals surface area (Å²) in [5.74, 6) is 5.45. The minimum absolute atomic E-state index is 0.0204. The molecule has 0 radical (unpaired) electrons. The van der Waals surface area contributed by atoms with Crippen LogP contribution >= 0.6 is 0 Å². The van der Waals surface area contributed by atoms with Crippen molar-refractivity contribution in [3.05, 3.63) is 59.7 Å². The Balaban J connectivity index is 1.99. The Labute approximate surface area is 123 Å². The lowest BCUT2D eigenvalue weighted by Crippen LogP contribution is -2.23. The number of aliphatic hydroxyl groups excluding tert-OH is 1. The molecule has 0 unspecified atom stereocenters. The molecule has 5 nitrogen and oxygen atoms in total. The number of hydrogen-bond donors (Lipinski definition) is 2. The number of carbonyl (C=O) groups excluding carboxylic acids is 1. The van der Waals surface area contributed by atoms with Gasteiger partial charge in [0.05, 0.1) is 12.2 Å². The van der Waals surface area contributed by atoms with Gasteiger partial charge >= 0.3 is 0 Å². The molecule has 2 heterocycles. The summed E-state index contributed by atoms with van der Waals surface area (Å²) in [6, 6.07) is 5.36. The van der Waals surface area contributed by atoms with Gasteiger partial charge in [-0.1, -0.05) is 11.8 Å². The van der Waals surface area contributed by atoms with E-state index < -0.39 is 0 Å². The van der Waals surface area contributed by atoms with Gasteiger partial charge in [0, 0.05) is 43.3 Å². The van der Waals surface area contributed by atoms with Crippen molar-refractivity contribution in [1.29, 1.82) is 0 Å². The zero-order valence-corrected chi connectivity index (χ0v) is 11.4. The third-order valence-corrected chi connectivity index (χ3v) is 2.67. The van der Waals surface area contributed by atoms with Gasteiger partial charge in [-0.3, -0.25) is 14.8 Å². The predicted octanol–water partition coefficient (Wildman–Crippen LogP) is 1.14. The van der Waals surface area contributed by atoms with Crippen LogP contribution in [-0.4, -0.2) is 27.6 Å². The van der Waals surface area contributed by atoms with Gasteiger partial charge < -0.3 is 10.4 Å². The van der Waals surface area contributed by atoms with Crippen LogP contribution in [0.15, 0.2) is 43.0 Å². The summed E-state index contributed by atoms with van der Waals surface area (Å²) in [4.78, 5) is 20.0. The lowest BCUT2D eigenvalue weighted by molar-refractivity contribution is 0.0950. The first-order valence-corrected chi connectivity index (χ1v) is 6.51. The molecule has 1 amide bonds. The summed E-state index contributed by atoms with van der Waals surface area (Å²) in [5, 5.41) is 11.5. The smallest absolute Gasteiger partial charge is 0.253 e. The van der Waals surface area contributed by atoms with E-state index >= 15 is 0 Å². The average molecular weight is 281 g/mol. The van der Waals surface area contributed by atoms with E-state index in [-0.39, 0.29) is 12.5 Å². The highest BCUT2D eigenvalue weighted by Gasteiger charge is 2.06. The molecule has 0 aromatic carbocycles. The molecule has 0 atom stereocenters. The van der Waals surface area contributed by atoms with E-state index in [1.165, 1.54) is 6.20 Å². The summed E-state index contributed by atoms with van der Waals surface area (Å²) >= 11 is 0. The molecule has 0 aliphatic heterocycles. The third-order valence-electron chi connectivity index (χ3n) is 2.67. The van der Waals surface area contributed by atoms with Gasteiger partial charge in [0.2, 0.25) is 0 Å². The number of nitrogens with one attached hydrogen (secondary N) is 1. The number of aromatic nitrogens is 2. The van der Waals surface area contributed by atoms with Crippen LogP contribution in [0, 0.1) is 11.8 Å². The standard InChI is InChI=1S/C16H15N3O2/c20-8-2-1-3-14-9-15(12-18-10-14)16(21)19-11-13-4-6-17-7-5-13/h4-7,9-10,12,20H,2,8,11H2,(H,19,21). The fourth-order valence-electron chi connectivity index (χ4n) is 1.64. The molecule has 0 fully saturated rings. The molecule has 106 valence electrons. The second-order valence-corrected chi connectivity index (χ2v) is 4.28. The van der Waals surface area contributed by atoms with Crippen molar-refractivity contribution in [1.82, 2.24) is 15.3 Å². The summed E-state index contributed by atoms with van der Waals surface area (Å²) in [5.41, 5.74) is 2.09. The van der Waals surface area contributed by atoms with E-state index in [1.807, 2.05) is 12.1 Å². The molecule has 0 spiro atoms. The maximum atomic E-state index is 12.0. The van der Waals surface area contributed by atoms with Gasteiger partial charge in [-0.05, 0) is 23.8 Å². The van der Waals surface area contributed by atoms with Crippen molar-refractivity contribution in [2.45, 2.75) is 13.0 Å². The van der Waals surface area contributed by atoms with E-state index in [0.29, 0.717) is 24.1 Å². The number of aliphatic hydroxyl groups is 1. The van der Waals surface area contributed by atoms with E-state index in [1.54, 1.807) is 24.7 Å². The highest BCUT2D eigenvalue weighted by molar-refractivity contribution is 5.94. The van der Waals surface area contributed by atoms with Gasteiger partial charge in [0.15, 0.2) is 0 Å². The largest absolute Gasteiger partial charge is 0.395 e. The van der Waals surface area contributed by atoms with E-state index in [4.69, 9.17) is 5.11 Å². The Morgan fingerprint density at radius 2 is 2.05 bits per heavy atom. The molecule has 0 saturated carbocycles. The molecular formula is C16H15N3O2. The molecule has 2 N–H and O–H groups in total. The Morgan fingerprint density at radius 1 is 1.24 bits per heavy atom. The number of rotatable bonds is 4. The molecule has 2 rings (SSSR count). The van der Waals surface area contributed by atoms with E-state index in [9.17, 15) is 4.79 Å². The average Bonchev–Trinajstić information content (AvgIpc) is 2.54. The monoisotopic (exact) mass is 281 g/mol. The van der Waals surface area contributed by atoms with Crippen molar-refractivity contribution in [3.63, 3.8) is 0 Å². The molecule has 0 saturated heterocycles. The Bertz CT molecular complexity index is 660. The second-order valence-electron chi connectivity index (χ2n) is 4.28. The van der Waals surface area contributed by atoms with Gasteiger partial charge in [-0.2, -0.15) is 0 Å². The molecule has 2 aromatic rings.